The van der Waals surface area contributed by atoms with E-state index in [2.05, 4.69) is 14.5 Å². The van der Waals surface area contributed by atoms with E-state index in [0.29, 0.717) is 13.1 Å². The molecule has 0 bridgehead atoms. The molecule has 1 aliphatic rings. The fourth-order valence-corrected chi connectivity index (χ4v) is 5.37. The second-order valence-corrected chi connectivity index (χ2v) is 10.6. The predicted molar refractivity (Wildman–Crippen MR) is 135 cm³/mol. The van der Waals surface area contributed by atoms with Gasteiger partial charge in [-0.05, 0) is 60.2 Å². The summed E-state index contributed by atoms with van der Waals surface area (Å²) in [7, 11) is 0.0583. The molecule has 1 heterocycles. The SMILES string of the molecule is CN(C)c1ccc(C(CNS(=O)(=O)c2cccc(F)c2)N2CCN(c3ccc(F)cc3)CC2)cc1. The van der Waals surface area contributed by atoms with E-state index in [1.807, 2.05) is 43.3 Å². The van der Waals surface area contributed by atoms with Crippen LogP contribution < -0.4 is 14.5 Å². The van der Waals surface area contributed by atoms with Crippen LogP contribution >= 0.6 is 0 Å². The number of piperazine rings is 1. The maximum atomic E-state index is 13.6. The lowest BCUT2D eigenvalue weighted by molar-refractivity contribution is 0.187. The molecule has 1 fully saturated rings. The molecule has 1 unspecified atom stereocenters. The van der Waals surface area contributed by atoms with Crippen molar-refractivity contribution >= 4 is 21.4 Å². The molecule has 0 spiro atoms. The Labute approximate surface area is 205 Å². The molecule has 6 nitrogen and oxygen atoms in total. The summed E-state index contributed by atoms with van der Waals surface area (Å²) in [4.78, 5) is 6.35. The number of hydrogen-bond donors (Lipinski definition) is 1. The summed E-state index contributed by atoms with van der Waals surface area (Å²) < 4.78 is 55.4. The Bertz CT molecular complexity index is 1230. The van der Waals surface area contributed by atoms with E-state index in [-0.39, 0.29) is 23.3 Å². The van der Waals surface area contributed by atoms with Gasteiger partial charge in [-0.25, -0.2) is 21.9 Å². The Kier molecular flexibility index (Phi) is 7.69. The highest BCUT2D eigenvalue weighted by Gasteiger charge is 2.27. The summed E-state index contributed by atoms with van der Waals surface area (Å²) in [5.41, 5.74) is 3.01. The van der Waals surface area contributed by atoms with Crippen molar-refractivity contribution in [3.05, 3.63) is 90.0 Å². The van der Waals surface area contributed by atoms with Gasteiger partial charge in [-0.2, -0.15) is 0 Å². The molecule has 0 radical (unpaired) electrons. The fourth-order valence-electron chi connectivity index (χ4n) is 4.30. The van der Waals surface area contributed by atoms with Gasteiger partial charge in [-0.15, -0.1) is 0 Å². The zero-order chi connectivity index (χ0) is 25.0. The maximum absolute atomic E-state index is 13.6. The van der Waals surface area contributed by atoms with Crippen molar-refractivity contribution in [2.24, 2.45) is 0 Å². The van der Waals surface area contributed by atoms with E-state index in [1.165, 1.54) is 30.3 Å². The zero-order valence-electron chi connectivity index (χ0n) is 19.9. The molecule has 1 atom stereocenters. The van der Waals surface area contributed by atoms with Crippen molar-refractivity contribution in [3.8, 4) is 0 Å². The molecule has 3 aromatic carbocycles. The van der Waals surface area contributed by atoms with Gasteiger partial charge in [0.15, 0.2) is 0 Å². The van der Waals surface area contributed by atoms with Crippen LogP contribution in [-0.2, 0) is 10.0 Å². The number of halogens is 2. The van der Waals surface area contributed by atoms with Crippen LogP contribution in [0.5, 0.6) is 0 Å². The summed E-state index contributed by atoms with van der Waals surface area (Å²) in [5.74, 6) is -0.861. The van der Waals surface area contributed by atoms with Gasteiger partial charge in [0.05, 0.1) is 4.90 Å². The van der Waals surface area contributed by atoms with Gasteiger partial charge >= 0.3 is 0 Å². The first kappa shape index (κ1) is 25.1. The van der Waals surface area contributed by atoms with Gasteiger partial charge in [0.2, 0.25) is 10.0 Å². The summed E-state index contributed by atoms with van der Waals surface area (Å²) in [5, 5.41) is 0. The molecule has 0 amide bonds. The van der Waals surface area contributed by atoms with Crippen LogP contribution in [-0.4, -0.2) is 60.1 Å². The molecule has 0 saturated carbocycles. The lowest BCUT2D eigenvalue weighted by Crippen LogP contribution is -2.49. The molecule has 1 aliphatic heterocycles. The molecular weight excluding hydrogens is 470 g/mol. The highest BCUT2D eigenvalue weighted by atomic mass is 32.2. The molecule has 186 valence electrons. The molecule has 1 N–H and O–H groups in total. The normalized spacial score (nSPS) is 15.7. The van der Waals surface area contributed by atoms with Crippen LogP contribution in [0, 0.1) is 11.6 Å². The van der Waals surface area contributed by atoms with Gasteiger partial charge in [0, 0.05) is 64.2 Å². The maximum Gasteiger partial charge on any atom is 0.240 e. The second kappa shape index (κ2) is 10.7. The zero-order valence-corrected chi connectivity index (χ0v) is 20.7. The van der Waals surface area contributed by atoms with Crippen molar-refractivity contribution in [1.29, 1.82) is 0 Å². The minimum atomic E-state index is -3.87. The Morgan fingerprint density at radius 2 is 1.54 bits per heavy atom. The molecule has 9 heteroatoms. The topological polar surface area (TPSA) is 55.9 Å². The molecular formula is C26H30F2N4O2S. The van der Waals surface area contributed by atoms with Crippen molar-refractivity contribution < 1.29 is 17.2 Å². The van der Waals surface area contributed by atoms with Gasteiger partial charge < -0.3 is 9.80 Å². The summed E-state index contributed by atoms with van der Waals surface area (Å²) in [6, 6.07) is 19.3. The van der Waals surface area contributed by atoms with Gasteiger partial charge in [0.25, 0.3) is 0 Å². The first-order chi connectivity index (χ1) is 16.7. The van der Waals surface area contributed by atoms with E-state index in [4.69, 9.17) is 0 Å². The van der Waals surface area contributed by atoms with Gasteiger partial charge in [0.1, 0.15) is 11.6 Å². The number of benzene rings is 3. The third-order valence-electron chi connectivity index (χ3n) is 6.31. The second-order valence-electron chi connectivity index (χ2n) is 8.81. The highest BCUT2D eigenvalue weighted by molar-refractivity contribution is 7.89. The fraction of sp³-hybridized carbons (Fsp3) is 0.308. The van der Waals surface area contributed by atoms with Crippen LogP contribution in [0.2, 0.25) is 0 Å². The number of anilines is 2. The average Bonchev–Trinajstić information content (AvgIpc) is 2.85. The largest absolute Gasteiger partial charge is 0.378 e. The Morgan fingerprint density at radius 1 is 0.886 bits per heavy atom. The van der Waals surface area contributed by atoms with Crippen LogP contribution in [0.25, 0.3) is 0 Å². The lowest BCUT2D eigenvalue weighted by atomic mass is 10.0. The molecule has 35 heavy (non-hydrogen) atoms. The summed E-state index contributed by atoms with van der Waals surface area (Å²) in [6.07, 6.45) is 0. The Balaban J connectivity index is 1.52. The van der Waals surface area contributed by atoms with Crippen molar-refractivity contribution in [1.82, 2.24) is 9.62 Å². The molecule has 1 saturated heterocycles. The van der Waals surface area contributed by atoms with E-state index < -0.39 is 15.8 Å². The van der Waals surface area contributed by atoms with Crippen LogP contribution in [0.4, 0.5) is 20.2 Å². The minimum absolute atomic E-state index is 0.0969. The highest BCUT2D eigenvalue weighted by Crippen LogP contribution is 2.26. The number of sulfonamides is 1. The third kappa shape index (κ3) is 6.17. The lowest BCUT2D eigenvalue weighted by Gasteiger charge is -2.40. The molecule has 3 aromatic rings. The Morgan fingerprint density at radius 3 is 2.14 bits per heavy atom. The first-order valence-electron chi connectivity index (χ1n) is 11.5. The van der Waals surface area contributed by atoms with Crippen LogP contribution in [0.3, 0.4) is 0 Å². The van der Waals surface area contributed by atoms with E-state index in [0.717, 1.165) is 36.1 Å². The molecule has 4 rings (SSSR count). The quantitative estimate of drug-likeness (QED) is 0.509. The van der Waals surface area contributed by atoms with Gasteiger partial charge in [-0.1, -0.05) is 18.2 Å². The monoisotopic (exact) mass is 500 g/mol. The smallest absolute Gasteiger partial charge is 0.240 e. The van der Waals surface area contributed by atoms with Gasteiger partial charge in [-0.3, -0.25) is 4.90 Å². The van der Waals surface area contributed by atoms with E-state index in [1.54, 1.807) is 12.1 Å². The summed E-state index contributed by atoms with van der Waals surface area (Å²) in [6.45, 7) is 3.03. The third-order valence-corrected chi connectivity index (χ3v) is 7.74. The van der Waals surface area contributed by atoms with E-state index in [9.17, 15) is 17.2 Å². The number of hydrogen-bond acceptors (Lipinski definition) is 5. The standard InChI is InChI=1S/C26H30F2N4O2S/c1-30(2)23-10-6-20(7-11-23)26(19-29-35(33,34)25-5-3-4-22(28)18-25)32-16-14-31(15-17-32)24-12-8-21(27)9-13-24/h3-13,18,26,29H,14-17,19H2,1-2H3. The first-order valence-corrected chi connectivity index (χ1v) is 13.0. The minimum Gasteiger partial charge on any atom is -0.378 e. The Hall–Kier alpha value is -3.01. The number of nitrogens with zero attached hydrogens (tertiary/aromatic N) is 3. The van der Waals surface area contributed by atoms with Crippen molar-refractivity contribution in [2.45, 2.75) is 10.9 Å². The van der Waals surface area contributed by atoms with Crippen molar-refractivity contribution in [3.63, 3.8) is 0 Å². The predicted octanol–water partition coefficient (Wildman–Crippen LogP) is 3.87. The molecule has 0 aliphatic carbocycles. The van der Waals surface area contributed by atoms with E-state index >= 15 is 0 Å². The van der Waals surface area contributed by atoms with Crippen LogP contribution in [0.15, 0.2) is 77.7 Å². The number of rotatable bonds is 8. The van der Waals surface area contributed by atoms with Crippen molar-refractivity contribution in [2.75, 3.05) is 56.6 Å². The van der Waals surface area contributed by atoms with Crippen LogP contribution in [0.1, 0.15) is 11.6 Å². The average molecular weight is 501 g/mol. The molecule has 0 aromatic heterocycles. The number of nitrogens with one attached hydrogen (secondary N) is 1. The summed E-state index contributed by atoms with van der Waals surface area (Å²) >= 11 is 0.